The Kier molecular flexibility index (Phi) is 3.40. The number of nitrogens with zero attached hydrogens (tertiary/aromatic N) is 1. The van der Waals surface area contributed by atoms with E-state index >= 15 is 0 Å². The molecule has 0 radical (unpaired) electrons. The molecule has 1 aromatic heterocycles. The van der Waals surface area contributed by atoms with Crippen molar-refractivity contribution < 1.29 is 5.94 Å². The number of hydrogen-bond donors (Lipinski definition) is 0. The van der Waals surface area contributed by atoms with Crippen LogP contribution in [0.15, 0.2) is 66.9 Å². The molecule has 0 saturated carbocycles. The van der Waals surface area contributed by atoms with E-state index in [0.29, 0.717) is 0 Å². The van der Waals surface area contributed by atoms with Crippen LogP contribution in [0.25, 0.3) is 43.6 Å². The van der Waals surface area contributed by atoms with Crippen molar-refractivity contribution in [2.75, 3.05) is 0 Å². The first-order chi connectivity index (χ1) is 14.8. The highest BCUT2D eigenvalue weighted by molar-refractivity contribution is 6.25. The molecule has 1 heterocycles. The van der Waals surface area contributed by atoms with Crippen molar-refractivity contribution >= 4 is 32.4 Å². The quantitative estimate of drug-likeness (QED) is 0.211. The fourth-order valence-electron chi connectivity index (χ4n) is 5.44. The Morgan fingerprint density at radius 2 is 1.57 bits per heavy atom. The highest BCUT2D eigenvalue weighted by atomic mass is 14.9. The number of aryl methyl sites for hydroxylation is 2. The number of hydrogen-bond acceptors (Lipinski definition) is 0. The lowest BCUT2D eigenvalue weighted by Gasteiger charge is -2.15. The molecule has 0 aliphatic heterocycles. The first-order valence-corrected chi connectivity index (χ1v) is 10.7. The Hall–Kier alpha value is -3.19. The molecule has 0 amide bonds. The molecule has 0 saturated heterocycles. The zero-order valence-electron chi connectivity index (χ0n) is 19.0. The van der Waals surface area contributed by atoms with Crippen molar-refractivity contribution in [3.8, 4) is 11.1 Å². The van der Waals surface area contributed by atoms with Crippen LogP contribution in [0.3, 0.4) is 0 Å². The fraction of sp³-hybridized carbons (Fsp3) is 0.207. The Bertz CT molecular complexity index is 1550. The van der Waals surface area contributed by atoms with Crippen molar-refractivity contribution in [1.82, 2.24) is 0 Å². The third-order valence-electron chi connectivity index (χ3n) is 6.95. The molecule has 146 valence electrons. The Labute approximate surface area is 179 Å². The van der Waals surface area contributed by atoms with Gasteiger partial charge in [-0.15, -0.1) is 0 Å². The van der Waals surface area contributed by atoms with Gasteiger partial charge in [0.2, 0.25) is 5.52 Å². The summed E-state index contributed by atoms with van der Waals surface area (Å²) in [4.78, 5) is 0. The molecular weight excluding hydrogens is 362 g/mol. The lowest BCUT2D eigenvalue weighted by molar-refractivity contribution is -0.644. The third-order valence-corrected chi connectivity index (χ3v) is 6.95. The second-order valence-corrected chi connectivity index (χ2v) is 8.93. The summed E-state index contributed by atoms with van der Waals surface area (Å²) in [6.07, 6.45) is 3.15. The van der Waals surface area contributed by atoms with Gasteiger partial charge in [0.25, 0.3) is 0 Å². The van der Waals surface area contributed by atoms with Gasteiger partial charge in [-0.2, -0.15) is 0 Å². The number of pyridine rings is 1. The van der Waals surface area contributed by atoms with E-state index < -0.39 is 5.89 Å². The summed E-state index contributed by atoms with van der Waals surface area (Å²) in [5.41, 5.74) is 9.32. The lowest BCUT2D eigenvalue weighted by atomic mass is 9.88. The van der Waals surface area contributed by atoms with Crippen LogP contribution in [0.4, 0.5) is 0 Å². The third kappa shape index (κ3) is 2.26. The van der Waals surface area contributed by atoms with E-state index in [2.05, 4.69) is 85.4 Å². The molecule has 1 aliphatic carbocycles. The topological polar surface area (TPSA) is 3.88 Å². The van der Waals surface area contributed by atoms with Gasteiger partial charge in [0.05, 0.1) is 10.8 Å². The standard InChI is InChI=1S/C29H26N/c1-17(2)20-14-27-23-12-8-7-11-22(23)26-15-25-21-10-6-5-9-19(21)13-24(25)18(3)28(26)29(27)30(4)16-20/h5-12,14-17H,13H2,1-4H3/q+1/i17D. The maximum absolute atomic E-state index is 8.62. The second kappa shape index (κ2) is 6.15. The van der Waals surface area contributed by atoms with E-state index in [1.807, 2.05) is 13.8 Å². The molecule has 0 spiro atoms. The Morgan fingerprint density at radius 3 is 2.33 bits per heavy atom. The molecule has 1 nitrogen and oxygen atoms in total. The Balaban J connectivity index is 1.86. The minimum absolute atomic E-state index is 0.642. The molecular formula is C29H26N+. The zero-order valence-corrected chi connectivity index (χ0v) is 18.0. The summed E-state index contributed by atoms with van der Waals surface area (Å²) in [5, 5.41) is 6.46. The van der Waals surface area contributed by atoms with Crippen molar-refractivity contribution in [2.45, 2.75) is 33.1 Å². The van der Waals surface area contributed by atoms with Gasteiger partial charge < -0.3 is 0 Å². The predicted octanol–water partition coefficient (Wildman–Crippen LogP) is 6.97. The highest BCUT2D eigenvalue weighted by Gasteiger charge is 2.26. The van der Waals surface area contributed by atoms with E-state index in [1.54, 1.807) is 0 Å². The van der Waals surface area contributed by atoms with E-state index in [0.717, 1.165) is 12.0 Å². The number of rotatable bonds is 1. The predicted molar refractivity (Wildman–Crippen MR) is 127 cm³/mol. The average molecular weight is 390 g/mol. The van der Waals surface area contributed by atoms with Gasteiger partial charge in [-0.3, -0.25) is 0 Å². The number of aromatic nitrogens is 1. The summed E-state index contributed by atoms with van der Waals surface area (Å²) in [5.74, 6) is -0.642. The molecule has 1 aliphatic rings. The summed E-state index contributed by atoms with van der Waals surface area (Å²) in [6.45, 7) is 6.23. The summed E-state index contributed by atoms with van der Waals surface area (Å²) >= 11 is 0. The maximum atomic E-state index is 8.62. The minimum Gasteiger partial charge on any atom is -0.200 e. The molecule has 4 aromatic carbocycles. The second-order valence-electron chi connectivity index (χ2n) is 8.93. The fourth-order valence-corrected chi connectivity index (χ4v) is 5.44. The minimum atomic E-state index is -0.642. The Morgan fingerprint density at radius 1 is 0.867 bits per heavy atom. The summed E-state index contributed by atoms with van der Waals surface area (Å²) in [7, 11) is 2.13. The molecule has 5 aromatic rings. The van der Waals surface area contributed by atoms with E-state index in [4.69, 9.17) is 1.37 Å². The van der Waals surface area contributed by atoms with Crippen LogP contribution in [0.2, 0.25) is 0 Å². The van der Waals surface area contributed by atoms with Crippen LogP contribution in [-0.2, 0) is 13.5 Å². The van der Waals surface area contributed by atoms with Gasteiger partial charge in [-0.05, 0) is 75.3 Å². The van der Waals surface area contributed by atoms with Gasteiger partial charge in [0, 0.05) is 6.93 Å². The first kappa shape index (κ1) is 16.6. The average Bonchev–Trinajstić information content (AvgIpc) is 3.12. The van der Waals surface area contributed by atoms with Crippen molar-refractivity contribution in [1.29, 1.82) is 0 Å². The largest absolute Gasteiger partial charge is 0.221 e. The van der Waals surface area contributed by atoms with Gasteiger partial charge in [-0.1, -0.05) is 62.4 Å². The van der Waals surface area contributed by atoms with Crippen molar-refractivity contribution in [3.63, 3.8) is 0 Å². The molecule has 1 heteroatoms. The first-order valence-electron chi connectivity index (χ1n) is 11.2. The van der Waals surface area contributed by atoms with Gasteiger partial charge in [0.15, 0.2) is 6.20 Å². The van der Waals surface area contributed by atoms with E-state index in [-0.39, 0.29) is 0 Å². The molecule has 0 bridgehead atoms. The SMILES string of the molecule is [2H]C(C)(C)c1cc2c3ccccc3c3cc4c(c(C)c3c2[n+](C)c1)Cc1ccccc1-4. The number of fused-ring (bicyclic) bond motifs is 9. The zero-order chi connectivity index (χ0) is 21.5. The molecule has 6 rings (SSSR count). The molecule has 0 N–H and O–H groups in total. The van der Waals surface area contributed by atoms with Gasteiger partial charge in [0.1, 0.15) is 7.05 Å². The maximum Gasteiger partial charge on any atom is 0.221 e. The lowest BCUT2D eigenvalue weighted by Crippen LogP contribution is -2.30. The normalized spacial score (nSPS) is 13.7. The summed E-state index contributed by atoms with van der Waals surface area (Å²) < 4.78 is 10.9. The monoisotopic (exact) mass is 389 g/mol. The van der Waals surface area contributed by atoms with Gasteiger partial charge >= 0.3 is 0 Å². The van der Waals surface area contributed by atoms with E-state index in [9.17, 15) is 0 Å². The highest BCUT2D eigenvalue weighted by Crippen LogP contribution is 2.45. The van der Waals surface area contributed by atoms with Crippen LogP contribution in [0.5, 0.6) is 0 Å². The van der Waals surface area contributed by atoms with Crippen molar-refractivity contribution in [3.05, 3.63) is 89.1 Å². The van der Waals surface area contributed by atoms with Crippen LogP contribution in [-0.4, -0.2) is 0 Å². The summed E-state index contributed by atoms with van der Waals surface area (Å²) in [6, 6.07) is 22.2. The van der Waals surface area contributed by atoms with Crippen LogP contribution in [0.1, 0.15) is 43.4 Å². The number of benzene rings is 4. The van der Waals surface area contributed by atoms with Gasteiger partial charge in [-0.25, -0.2) is 4.57 Å². The molecule has 30 heavy (non-hydrogen) atoms. The van der Waals surface area contributed by atoms with Crippen LogP contribution < -0.4 is 4.57 Å². The molecule has 0 atom stereocenters. The molecule has 0 unspecified atom stereocenters. The van der Waals surface area contributed by atoms with Crippen LogP contribution in [0, 0.1) is 6.92 Å². The molecule has 0 fully saturated rings. The smallest absolute Gasteiger partial charge is 0.200 e. The van der Waals surface area contributed by atoms with Crippen LogP contribution >= 0.6 is 0 Å². The van der Waals surface area contributed by atoms with E-state index in [1.165, 1.54) is 60.3 Å². The van der Waals surface area contributed by atoms with Crippen molar-refractivity contribution in [2.24, 2.45) is 7.05 Å².